The van der Waals surface area contributed by atoms with Crippen LogP contribution >= 0.6 is 0 Å². The molecule has 0 radical (unpaired) electrons. The largest absolute Gasteiger partial charge is 0.415 e. The van der Waals surface area contributed by atoms with E-state index in [0.29, 0.717) is 49.6 Å². The Bertz CT molecular complexity index is 1420. The predicted octanol–water partition coefficient (Wildman–Crippen LogP) is 8.09. The van der Waals surface area contributed by atoms with Crippen molar-refractivity contribution in [2.75, 3.05) is 32.2 Å². The highest BCUT2D eigenvalue weighted by atomic mass is 19.3. The molecule has 0 spiro atoms. The van der Waals surface area contributed by atoms with Gasteiger partial charge in [-0.3, -0.25) is 14.3 Å². The molecule has 250 valence electrons. The number of aromatic nitrogens is 3. The number of hydrogen-bond donors (Lipinski definition) is 2. The fraction of sp³-hybridized carbons (Fsp3) is 0.556. The summed E-state index contributed by atoms with van der Waals surface area (Å²) in [5.41, 5.74) is 1.64. The quantitative estimate of drug-likeness (QED) is 0.0987. The average molecular weight is 639 g/mol. The van der Waals surface area contributed by atoms with Crippen LogP contribution in [0.15, 0.2) is 48.8 Å². The molecule has 0 unspecified atom stereocenters. The van der Waals surface area contributed by atoms with Crippen LogP contribution in [0.5, 0.6) is 0 Å². The van der Waals surface area contributed by atoms with E-state index in [1.54, 1.807) is 13.1 Å². The molecule has 0 aliphatic heterocycles. The van der Waals surface area contributed by atoms with Gasteiger partial charge in [0.1, 0.15) is 17.2 Å². The summed E-state index contributed by atoms with van der Waals surface area (Å²) in [4.78, 5) is 26.5. The highest BCUT2D eigenvalue weighted by Gasteiger charge is 2.39. The standard InChI is InChI=1S/C36H50F2N5O3/c1-6-8-18-43(5,19-9-7-2)24-46-35(44)26-10-13-29(14-11-26)36(4,45)31-15-12-28(23-40-31)30-20-25(3)21-33(41-30)42-32-22-27(34(37)38)16-17-39-32/h12,15-17,20-23,26,29,34,45H,6-11,13-14,18-19,24H2,1-5H3,(H,39,41,42)/q+1/t26-,29-,36-/m1/s1. The van der Waals surface area contributed by atoms with Gasteiger partial charge in [-0.1, -0.05) is 26.7 Å². The lowest BCUT2D eigenvalue weighted by atomic mass is 9.73. The number of aliphatic hydroxyl groups is 1. The van der Waals surface area contributed by atoms with Gasteiger partial charge in [-0.05, 0) is 100 Å². The second kappa shape index (κ2) is 15.9. The summed E-state index contributed by atoms with van der Waals surface area (Å²) in [6.07, 6.45) is 7.71. The number of ether oxygens (including phenoxy) is 1. The van der Waals surface area contributed by atoms with E-state index in [9.17, 15) is 18.7 Å². The fourth-order valence-electron chi connectivity index (χ4n) is 6.26. The first kappa shape index (κ1) is 35.4. The van der Waals surface area contributed by atoms with Crippen LogP contribution in [0.3, 0.4) is 0 Å². The second-order valence-corrected chi connectivity index (χ2v) is 13.3. The van der Waals surface area contributed by atoms with E-state index >= 15 is 0 Å². The third kappa shape index (κ3) is 9.28. The van der Waals surface area contributed by atoms with Crippen LogP contribution in [-0.4, -0.2) is 57.4 Å². The van der Waals surface area contributed by atoms with Crippen molar-refractivity contribution in [3.8, 4) is 11.3 Å². The number of esters is 1. The molecule has 1 aliphatic rings. The number of alkyl halides is 2. The SMILES string of the molecule is CCCC[N+](C)(CCCC)COC(=O)[C@H]1CC[C@H]([C@@](C)(O)c2ccc(-c3cc(C)cc(Nc4cc(C(F)F)ccn4)n3)cn2)CC1. The van der Waals surface area contributed by atoms with Gasteiger partial charge in [0.25, 0.3) is 6.43 Å². The van der Waals surface area contributed by atoms with E-state index in [1.165, 1.54) is 18.3 Å². The van der Waals surface area contributed by atoms with Crippen molar-refractivity contribution in [3.05, 3.63) is 65.6 Å². The van der Waals surface area contributed by atoms with Crippen molar-refractivity contribution < 1.29 is 27.9 Å². The number of quaternary nitrogens is 1. The van der Waals surface area contributed by atoms with Gasteiger partial charge in [0.05, 0.1) is 37.4 Å². The molecule has 1 aliphatic carbocycles. The van der Waals surface area contributed by atoms with Gasteiger partial charge in [0.15, 0.2) is 0 Å². The van der Waals surface area contributed by atoms with E-state index in [4.69, 9.17) is 4.74 Å². The van der Waals surface area contributed by atoms with Gasteiger partial charge >= 0.3 is 5.97 Å². The lowest BCUT2D eigenvalue weighted by molar-refractivity contribution is -0.926. The van der Waals surface area contributed by atoms with E-state index in [1.807, 2.05) is 31.2 Å². The van der Waals surface area contributed by atoms with Gasteiger partial charge in [-0.15, -0.1) is 0 Å². The topological polar surface area (TPSA) is 97.2 Å². The Hall–Kier alpha value is -3.50. The molecule has 0 aromatic carbocycles. The molecule has 46 heavy (non-hydrogen) atoms. The first-order chi connectivity index (χ1) is 21.9. The van der Waals surface area contributed by atoms with Crippen molar-refractivity contribution in [2.24, 2.45) is 11.8 Å². The van der Waals surface area contributed by atoms with E-state index in [-0.39, 0.29) is 29.2 Å². The van der Waals surface area contributed by atoms with E-state index in [2.05, 4.69) is 41.2 Å². The number of anilines is 2. The van der Waals surface area contributed by atoms with Crippen LogP contribution in [0.25, 0.3) is 11.3 Å². The number of nitrogens with zero attached hydrogens (tertiary/aromatic N) is 4. The van der Waals surface area contributed by atoms with Crippen molar-refractivity contribution in [3.63, 3.8) is 0 Å². The number of nitrogens with one attached hydrogen (secondary N) is 1. The van der Waals surface area contributed by atoms with Crippen molar-refractivity contribution in [2.45, 2.75) is 91.1 Å². The maximum Gasteiger partial charge on any atom is 0.313 e. The van der Waals surface area contributed by atoms with Crippen LogP contribution in [0.4, 0.5) is 20.4 Å². The van der Waals surface area contributed by atoms with Crippen LogP contribution < -0.4 is 5.32 Å². The predicted molar refractivity (Wildman–Crippen MR) is 176 cm³/mol. The molecule has 10 heteroatoms. The minimum Gasteiger partial charge on any atom is -0.415 e. The Labute approximate surface area is 272 Å². The van der Waals surface area contributed by atoms with E-state index in [0.717, 1.165) is 54.4 Å². The van der Waals surface area contributed by atoms with Gasteiger partial charge in [0, 0.05) is 23.5 Å². The third-order valence-electron chi connectivity index (χ3n) is 9.32. The number of unbranched alkanes of at least 4 members (excludes halogenated alkanes) is 2. The Balaban J connectivity index is 1.36. The Kier molecular flexibility index (Phi) is 12.2. The van der Waals surface area contributed by atoms with Gasteiger partial charge in [-0.25, -0.2) is 18.7 Å². The summed E-state index contributed by atoms with van der Waals surface area (Å²) in [6, 6.07) is 10.0. The summed E-state index contributed by atoms with van der Waals surface area (Å²) < 4.78 is 32.9. The smallest absolute Gasteiger partial charge is 0.313 e. The number of halogens is 2. The lowest BCUT2D eigenvalue weighted by Crippen LogP contribution is -2.48. The molecule has 0 bridgehead atoms. The van der Waals surface area contributed by atoms with Crippen LogP contribution in [0.2, 0.25) is 0 Å². The number of carbonyl (C=O) groups excluding carboxylic acids is 1. The molecule has 3 heterocycles. The third-order valence-corrected chi connectivity index (χ3v) is 9.32. The minimum absolute atomic E-state index is 0.0329. The molecule has 3 aromatic heterocycles. The first-order valence-corrected chi connectivity index (χ1v) is 16.6. The molecular weight excluding hydrogens is 588 g/mol. The van der Waals surface area contributed by atoms with Gasteiger partial charge in [0.2, 0.25) is 6.73 Å². The molecule has 2 N–H and O–H groups in total. The number of carbonyl (C=O) groups is 1. The highest BCUT2D eigenvalue weighted by Crippen LogP contribution is 2.41. The zero-order chi connectivity index (χ0) is 33.3. The molecule has 1 atom stereocenters. The maximum atomic E-state index is 13.1. The Morgan fingerprint density at radius 1 is 1.04 bits per heavy atom. The molecule has 1 saturated carbocycles. The molecule has 4 rings (SSSR count). The molecule has 1 fully saturated rings. The van der Waals surface area contributed by atoms with E-state index < -0.39 is 12.0 Å². The Morgan fingerprint density at radius 3 is 2.35 bits per heavy atom. The highest BCUT2D eigenvalue weighted by molar-refractivity contribution is 5.72. The van der Waals surface area contributed by atoms with Crippen molar-refractivity contribution in [1.29, 1.82) is 0 Å². The summed E-state index contributed by atoms with van der Waals surface area (Å²) in [5, 5.41) is 14.6. The number of rotatable bonds is 15. The van der Waals surface area contributed by atoms with Gasteiger partial charge < -0.3 is 15.2 Å². The Morgan fingerprint density at radius 2 is 1.74 bits per heavy atom. The van der Waals surface area contributed by atoms with Crippen LogP contribution in [0.1, 0.15) is 95.4 Å². The second-order valence-electron chi connectivity index (χ2n) is 13.3. The first-order valence-electron chi connectivity index (χ1n) is 16.6. The molecule has 3 aromatic rings. The van der Waals surface area contributed by atoms with Crippen molar-refractivity contribution >= 4 is 17.6 Å². The number of hydrogen-bond acceptors (Lipinski definition) is 7. The zero-order valence-corrected chi connectivity index (χ0v) is 27.9. The zero-order valence-electron chi connectivity index (χ0n) is 27.9. The number of pyridine rings is 3. The van der Waals surface area contributed by atoms with Crippen LogP contribution in [0, 0.1) is 18.8 Å². The van der Waals surface area contributed by atoms with Crippen LogP contribution in [-0.2, 0) is 15.1 Å². The minimum atomic E-state index is -2.59. The molecular formula is C36H50F2N5O3+. The summed E-state index contributed by atoms with van der Waals surface area (Å²) in [5.74, 6) is 0.470. The molecule has 0 saturated heterocycles. The lowest BCUT2D eigenvalue weighted by Gasteiger charge is -2.38. The summed E-state index contributed by atoms with van der Waals surface area (Å²) in [7, 11) is 2.19. The number of aryl methyl sites for hydroxylation is 1. The fourth-order valence-corrected chi connectivity index (χ4v) is 6.26. The monoisotopic (exact) mass is 638 g/mol. The normalized spacial score (nSPS) is 18.3. The van der Waals surface area contributed by atoms with Crippen molar-refractivity contribution in [1.82, 2.24) is 15.0 Å². The molecule has 0 amide bonds. The average Bonchev–Trinajstić information content (AvgIpc) is 3.05. The summed E-state index contributed by atoms with van der Waals surface area (Å²) in [6.45, 7) is 10.5. The molecule has 8 nitrogen and oxygen atoms in total. The van der Waals surface area contributed by atoms with Gasteiger partial charge in [-0.2, -0.15) is 0 Å². The summed E-state index contributed by atoms with van der Waals surface area (Å²) >= 11 is 0. The maximum absolute atomic E-state index is 13.1.